The van der Waals surface area contributed by atoms with Crippen LogP contribution in [0.25, 0.3) is 0 Å². The van der Waals surface area contributed by atoms with Gasteiger partial charge in [-0.3, -0.25) is 4.79 Å². The van der Waals surface area contributed by atoms with Gasteiger partial charge in [0, 0.05) is 15.6 Å². The fourth-order valence-corrected chi connectivity index (χ4v) is 2.06. The van der Waals surface area contributed by atoms with Gasteiger partial charge in [-0.15, -0.1) is 0 Å². The lowest BCUT2D eigenvalue weighted by Crippen LogP contribution is -2.17. The highest BCUT2D eigenvalue weighted by Gasteiger charge is 2.04. The number of carbonyl (C=O) groups is 1. The first-order valence-corrected chi connectivity index (χ1v) is 7.24. The average Bonchev–Trinajstić information content (AvgIpc) is 2.56. The van der Waals surface area contributed by atoms with Crippen LogP contribution in [0.5, 0.6) is 11.5 Å². The van der Waals surface area contributed by atoms with E-state index in [0.717, 1.165) is 10.0 Å². The highest BCUT2D eigenvalue weighted by molar-refractivity contribution is 9.10. The minimum Gasteiger partial charge on any atom is -0.497 e. The molecule has 0 unspecified atom stereocenters. The Balaban J connectivity index is 2.03. The molecule has 22 heavy (non-hydrogen) atoms. The lowest BCUT2D eigenvalue weighted by molar-refractivity contribution is 0.0955. The monoisotopic (exact) mass is 362 g/mol. The second-order valence-electron chi connectivity index (χ2n) is 4.32. The smallest absolute Gasteiger partial charge is 0.271 e. The molecule has 2 aromatic rings. The molecule has 0 aromatic heterocycles. The zero-order chi connectivity index (χ0) is 15.9. The van der Waals surface area contributed by atoms with Gasteiger partial charge in [0.05, 0.1) is 20.4 Å². The minimum atomic E-state index is -0.294. The topological polar surface area (TPSA) is 59.9 Å². The van der Waals surface area contributed by atoms with Crippen molar-refractivity contribution in [1.29, 1.82) is 0 Å². The van der Waals surface area contributed by atoms with Crippen LogP contribution in [0.3, 0.4) is 0 Å². The Labute approximate surface area is 137 Å². The van der Waals surface area contributed by atoms with E-state index in [2.05, 4.69) is 26.5 Å². The SMILES string of the molecule is COc1ccc(C(=O)NN=Cc2cc(OC)ccc2Br)cc1. The summed E-state index contributed by atoms with van der Waals surface area (Å²) in [5.41, 5.74) is 3.78. The summed E-state index contributed by atoms with van der Waals surface area (Å²) in [5.74, 6) is 1.12. The van der Waals surface area contributed by atoms with Crippen molar-refractivity contribution in [1.82, 2.24) is 5.43 Å². The average molecular weight is 363 g/mol. The predicted molar refractivity (Wildman–Crippen MR) is 88.7 cm³/mol. The van der Waals surface area contributed by atoms with E-state index in [1.807, 2.05) is 18.2 Å². The second kappa shape index (κ2) is 7.61. The molecule has 6 heteroatoms. The van der Waals surface area contributed by atoms with E-state index in [4.69, 9.17) is 9.47 Å². The number of halogens is 1. The number of benzene rings is 2. The molecular weight excluding hydrogens is 348 g/mol. The van der Waals surface area contributed by atoms with Gasteiger partial charge < -0.3 is 9.47 Å². The van der Waals surface area contributed by atoms with Gasteiger partial charge >= 0.3 is 0 Å². The second-order valence-corrected chi connectivity index (χ2v) is 5.17. The third kappa shape index (κ3) is 4.08. The van der Waals surface area contributed by atoms with Crippen molar-refractivity contribution in [3.8, 4) is 11.5 Å². The molecule has 1 amide bonds. The zero-order valence-corrected chi connectivity index (χ0v) is 13.8. The molecule has 0 spiro atoms. The van der Waals surface area contributed by atoms with Crippen LogP contribution in [-0.4, -0.2) is 26.3 Å². The van der Waals surface area contributed by atoms with Gasteiger partial charge in [-0.1, -0.05) is 15.9 Å². The third-order valence-corrected chi connectivity index (χ3v) is 3.65. The highest BCUT2D eigenvalue weighted by Crippen LogP contribution is 2.20. The molecule has 0 aliphatic heterocycles. The van der Waals surface area contributed by atoms with Crippen LogP contribution < -0.4 is 14.9 Å². The number of nitrogens with one attached hydrogen (secondary N) is 1. The third-order valence-electron chi connectivity index (χ3n) is 2.93. The van der Waals surface area contributed by atoms with Gasteiger partial charge in [-0.2, -0.15) is 5.10 Å². The van der Waals surface area contributed by atoms with E-state index in [0.29, 0.717) is 17.1 Å². The molecule has 0 heterocycles. The number of hydrogen-bond acceptors (Lipinski definition) is 4. The van der Waals surface area contributed by atoms with Crippen LogP contribution >= 0.6 is 15.9 Å². The van der Waals surface area contributed by atoms with Crippen molar-refractivity contribution >= 4 is 28.1 Å². The van der Waals surface area contributed by atoms with Crippen LogP contribution in [0.4, 0.5) is 0 Å². The molecule has 0 aliphatic rings. The van der Waals surface area contributed by atoms with E-state index in [9.17, 15) is 4.79 Å². The molecule has 0 atom stereocenters. The maximum Gasteiger partial charge on any atom is 0.271 e. The largest absolute Gasteiger partial charge is 0.497 e. The maximum absolute atomic E-state index is 11.9. The molecule has 2 aromatic carbocycles. The van der Waals surface area contributed by atoms with Gasteiger partial charge in [0.15, 0.2) is 0 Å². The van der Waals surface area contributed by atoms with Crippen molar-refractivity contribution in [3.63, 3.8) is 0 Å². The van der Waals surface area contributed by atoms with E-state index < -0.39 is 0 Å². The molecule has 1 N–H and O–H groups in total. The number of nitrogens with zero attached hydrogens (tertiary/aromatic N) is 1. The van der Waals surface area contributed by atoms with Crippen LogP contribution in [-0.2, 0) is 0 Å². The van der Waals surface area contributed by atoms with E-state index in [1.54, 1.807) is 44.7 Å². The molecule has 0 saturated heterocycles. The number of carbonyl (C=O) groups excluding carboxylic acids is 1. The summed E-state index contributed by atoms with van der Waals surface area (Å²) in [5, 5.41) is 3.96. The van der Waals surface area contributed by atoms with E-state index in [-0.39, 0.29) is 5.91 Å². The summed E-state index contributed by atoms with van der Waals surface area (Å²) in [4.78, 5) is 11.9. The molecule has 0 aliphatic carbocycles. The maximum atomic E-state index is 11.9. The Bertz CT molecular complexity index is 684. The molecule has 2 rings (SSSR count). The van der Waals surface area contributed by atoms with E-state index >= 15 is 0 Å². The number of hydrazone groups is 1. The summed E-state index contributed by atoms with van der Waals surface area (Å²) in [6.07, 6.45) is 1.55. The molecular formula is C16H15BrN2O3. The Hall–Kier alpha value is -2.34. The number of ether oxygens (including phenoxy) is 2. The van der Waals surface area contributed by atoms with Crippen molar-refractivity contribution in [3.05, 3.63) is 58.1 Å². The van der Waals surface area contributed by atoms with Crippen LogP contribution in [0.1, 0.15) is 15.9 Å². The lowest BCUT2D eigenvalue weighted by Gasteiger charge is -2.04. The molecule has 0 radical (unpaired) electrons. The lowest BCUT2D eigenvalue weighted by atomic mass is 10.2. The first kappa shape index (κ1) is 16.0. The molecule has 0 saturated carbocycles. The van der Waals surface area contributed by atoms with Gasteiger partial charge in [-0.25, -0.2) is 5.43 Å². The summed E-state index contributed by atoms with van der Waals surface area (Å²) >= 11 is 3.41. The molecule has 0 bridgehead atoms. The summed E-state index contributed by atoms with van der Waals surface area (Å²) in [6, 6.07) is 12.3. The summed E-state index contributed by atoms with van der Waals surface area (Å²) < 4.78 is 11.0. The molecule has 0 fully saturated rings. The van der Waals surface area contributed by atoms with Gasteiger partial charge in [-0.05, 0) is 42.5 Å². The van der Waals surface area contributed by atoms with E-state index in [1.165, 1.54) is 0 Å². The van der Waals surface area contributed by atoms with Gasteiger partial charge in [0.2, 0.25) is 0 Å². The fraction of sp³-hybridized carbons (Fsp3) is 0.125. The first-order valence-electron chi connectivity index (χ1n) is 6.45. The Kier molecular flexibility index (Phi) is 5.55. The quantitative estimate of drug-likeness (QED) is 0.656. The standard InChI is InChI=1S/C16H15BrN2O3/c1-21-13-5-3-11(4-6-13)16(20)19-18-10-12-9-14(22-2)7-8-15(12)17/h3-10H,1-2H3,(H,19,20). The predicted octanol–water partition coefficient (Wildman–Crippen LogP) is 3.23. The van der Waals surface area contributed by atoms with Crippen molar-refractivity contribution in [2.24, 2.45) is 5.10 Å². The Morgan fingerprint density at radius 3 is 2.36 bits per heavy atom. The number of hydrogen-bond donors (Lipinski definition) is 1. The van der Waals surface area contributed by atoms with Gasteiger partial charge in [0.1, 0.15) is 11.5 Å². The van der Waals surface area contributed by atoms with Gasteiger partial charge in [0.25, 0.3) is 5.91 Å². The van der Waals surface area contributed by atoms with Crippen LogP contribution in [0, 0.1) is 0 Å². The van der Waals surface area contributed by atoms with Crippen LogP contribution in [0.2, 0.25) is 0 Å². The number of amides is 1. The normalized spacial score (nSPS) is 10.5. The Morgan fingerprint density at radius 2 is 1.73 bits per heavy atom. The van der Waals surface area contributed by atoms with Crippen molar-refractivity contribution in [2.75, 3.05) is 14.2 Å². The zero-order valence-electron chi connectivity index (χ0n) is 12.2. The summed E-state index contributed by atoms with van der Waals surface area (Å²) in [7, 11) is 3.17. The van der Waals surface area contributed by atoms with Crippen molar-refractivity contribution in [2.45, 2.75) is 0 Å². The van der Waals surface area contributed by atoms with Crippen molar-refractivity contribution < 1.29 is 14.3 Å². The first-order chi connectivity index (χ1) is 10.6. The minimum absolute atomic E-state index is 0.294. The molecule has 114 valence electrons. The number of rotatable bonds is 5. The fourth-order valence-electron chi connectivity index (χ4n) is 1.72. The number of methoxy groups -OCH3 is 2. The summed E-state index contributed by atoms with van der Waals surface area (Å²) in [6.45, 7) is 0. The Morgan fingerprint density at radius 1 is 1.09 bits per heavy atom. The van der Waals surface area contributed by atoms with Crippen LogP contribution in [0.15, 0.2) is 52.0 Å². The highest BCUT2D eigenvalue weighted by atomic mass is 79.9. The molecule has 5 nitrogen and oxygen atoms in total.